The van der Waals surface area contributed by atoms with Crippen molar-refractivity contribution in [2.24, 2.45) is 11.8 Å². The van der Waals surface area contributed by atoms with Gasteiger partial charge in [0, 0.05) is 17.5 Å². The van der Waals surface area contributed by atoms with E-state index in [0.29, 0.717) is 11.5 Å². The Bertz CT molecular complexity index is 678. The maximum absolute atomic E-state index is 11.8. The normalized spacial score (nSPS) is 17.5. The van der Waals surface area contributed by atoms with Crippen molar-refractivity contribution < 1.29 is 15.0 Å². The first-order chi connectivity index (χ1) is 13.6. The van der Waals surface area contributed by atoms with Crippen molar-refractivity contribution in [2.75, 3.05) is 6.61 Å². The molecular weight excluding hydrogens is 362 g/mol. The van der Waals surface area contributed by atoms with Crippen LogP contribution in [0.3, 0.4) is 0 Å². The molecule has 0 heterocycles. The molecule has 162 valence electrons. The van der Waals surface area contributed by atoms with Crippen molar-refractivity contribution in [3.05, 3.63) is 71.4 Å². The minimum atomic E-state index is -0.466. The van der Waals surface area contributed by atoms with E-state index >= 15 is 0 Å². The summed E-state index contributed by atoms with van der Waals surface area (Å²) < 4.78 is 0. The van der Waals surface area contributed by atoms with Crippen molar-refractivity contribution in [1.29, 1.82) is 0 Å². The zero-order valence-corrected chi connectivity index (χ0v) is 19.0. The van der Waals surface area contributed by atoms with Crippen LogP contribution < -0.4 is 5.32 Å². The van der Waals surface area contributed by atoms with Gasteiger partial charge in [-0.05, 0) is 39.2 Å². The molecule has 4 heteroatoms. The minimum Gasteiger partial charge on any atom is -0.394 e. The number of aliphatic hydroxyl groups excluding tert-OH is 2. The second-order valence-corrected chi connectivity index (χ2v) is 7.91. The van der Waals surface area contributed by atoms with Gasteiger partial charge in [0.2, 0.25) is 5.91 Å². The monoisotopic (exact) mass is 401 g/mol. The summed E-state index contributed by atoms with van der Waals surface area (Å²) in [7, 11) is 0. The van der Waals surface area contributed by atoms with E-state index in [4.69, 9.17) is 5.11 Å². The third-order valence-corrected chi connectivity index (χ3v) is 4.25. The quantitative estimate of drug-likeness (QED) is 0.268. The number of allylic oxidation sites excluding steroid dienone is 9. The standard InChI is InChI=1S/C25H39NO3/c1-18(2)15-21(5)24(28)22(6)16-19(3)13-11-9-8-10-12-14-20(4)25(29)26-23(7)17-27/h8-16,18,22-24,27-28H,17H2,1-7H3,(H,26,29)/b9-8?,12-10+,13-11?,19-16?,20-14+,21-15?. The van der Waals surface area contributed by atoms with Gasteiger partial charge < -0.3 is 15.5 Å². The van der Waals surface area contributed by atoms with Crippen molar-refractivity contribution in [3.63, 3.8) is 0 Å². The molecule has 0 saturated heterocycles. The molecule has 3 atom stereocenters. The molecule has 0 aliphatic carbocycles. The van der Waals surface area contributed by atoms with E-state index in [1.54, 1.807) is 26.0 Å². The van der Waals surface area contributed by atoms with Gasteiger partial charge in [-0.25, -0.2) is 0 Å². The first kappa shape index (κ1) is 26.8. The molecule has 0 bridgehead atoms. The molecule has 0 aromatic rings. The van der Waals surface area contributed by atoms with Gasteiger partial charge in [0.05, 0.1) is 12.7 Å². The third kappa shape index (κ3) is 12.8. The summed E-state index contributed by atoms with van der Waals surface area (Å²) in [5.74, 6) is 0.291. The molecule has 3 unspecified atom stereocenters. The highest BCUT2D eigenvalue weighted by Gasteiger charge is 2.13. The van der Waals surface area contributed by atoms with E-state index in [9.17, 15) is 9.90 Å². The van der Waals surface area contributed by atoms with Gasteiger partial charge in [-0.15, -0.1) is 0 Å². The summed E-state index contributed by atoms with van der Waals surface area (Å²) in [5, 5.41) is 22.0. The van der Waals surface area contributed by atoms with Crippen molar-refractivity contribution in [2.45, 2.75) is 60.6 Å². The van der Waals surface area contributed by atoms with E-state index in [1.807, 2.05) is 51.2 Å². The maximum Gasteiger partial charge on any atom is 0.247 e. The average molecular weight is 402 g/mol. The largest absolute Gasteiger partial charge is 0.394 e. The zero-order chi connectivity index (χ0) is 22.4. The highest BCUT2D eigenvalue weighted by atomic mass is 16.3. The van der Waals surface area contributed by atoms with Gasteiger partial charge in [0.25, 0.3) is 0 Å². The Morgan fingerprint density at radius 3 is 2.10 bits per heavy atom. The third-order valence-electron chi connectivity index (χ3n) is 4.25. The van der Waals surface area contributed by atoms with E-state index in [2.05, 4.69) is 31.3 Å². The number of amides is 1. The van der Waals surface area contributed by atoms with Crippen LogP contribution in [-0.2, 0) is 4.79 Å². The van der Waals surface area contributed by atoms with Crippen molar-refractivity contribution in [3.8, 4) is 0 Å². The van der Waals surface area contributed by atoms with Crippen LogP contribution in [0, 0.1) is 11.8 Å². The molecule has 0 fully saturated rings. The Hall–Kier alpha value is -2.17. The number of rotatable bonds is 11. The van der Waals surface area contributed by atoms with Gasteiger partial charge in [0.1, 0.15) is 0 Å². The smallest absolute Gasteiger partial charge is 0.247 e. The summed E-state index contributed by atoms with van der Waals surface area (Å²) in [5.41, 5.74) is 2.68. The molecule has 0 aromatic heterocycles. The fraction of sp³-hybridized carbons (Fsp3) is 0.480. The fourth-order valence-electron chi connectivity index (χ4n) is 2.66. The van der Waals surface area contributed by atoms with Gasteiger partial charge in [-0.3, -0.25) is 4.79 Å². The molecule has 0 aromatic carbocycles. The van der Waals surface area contributed by atoms with Crippen LogP contribution in [0.4, 0.5) is 0 Å². The minimum absolute atomic E-state index is 0.0475. The molecular formula is C25H39NO3. The number of carbonyl (C=O) groups excluding carboxylic acids is 1. The van der Waals surface area contributed by atoms with Gasteiger partial charge >= 0.3 is 0 Å². The number of aliphatic hydroxyl groups is 2. The highest BCUT2D eigenvalue weighted by molar-refractivity contribution is 5.93. The van der Waals surface area contributed by atoms with E-state index in [0.717, 1.165) is 11.1 Å². The molecule has 3 N–H and O–H groups in total. The fourth-order valence-corrected chi connectivity index (χ4v) is 2.66. The van der Waals surface area contributed by atoms with E-state index in [1.165, 1.54) is 0 Å². The number of carbonyl (C=O) groups is 1. The van der Waals surface area contributed by atoms with E-state index < -0.39 is 6.10 Å². The Morgan fingerprint density at radius 1 is 0.931 bits per heavy atom. The summed E-state index contributed by atoms with van der Waals surface area (Å²) >= 11 is 0. The first-order valence-corrected chi connectivity index (χ1v) is 10.2. The predicted octanol–water partition coefficient (Wildman–Crippen LogP) is 4.64. The Labute approximate surface area is 177 Å². The van der Waals surface area contributed by atoms with Crippen LogP contribution in [0.25, 0.3) is 0 Å². The van der Waals surface area contributed by atoms with Gasteiger partial charge in [-0.2, -0.15) is 0 Å². The van der Waals surface area contributed by atoms with Crippen LogP contribution in [0.1, 0.15) is 48.5 Å². The highest BCUT2D eigenvalue weighted by Crippen LogP contribution is 2.17. The molecule has 29 heavy (non-hydrogen) atoms. The molecule has 0 aliphatic heterocycles. The predicted molar refractivity (Wildman–Crippen MR) is 123 cm³/mol. The van der Waals surface area contributed by atoms with Crippen LogP contribution in [-0.4, -0.2) is 34.9 Å². The van der Waals surface area contributed by atoms with Gasteiger partial charge in [-0.1, -0.05) is 81.0 Å². The number of hydrogen-bond donors (Lipinski definition) is 3. The van der Waals surface area contributed by atoms with Gasteiger partial charge in [0.15, 0.2) is 0 Å². The summed E-state index contributed by atoms with van der Waals surface area (Å²) in [4.78, 5) is 11.8. The molecule has 4 nitrogen and oxygen atoms in total. The Kier molecular flexibility index (Phi) is 13.7. The molecule has 0 rings (SSSR count). The average Bonchev–Trinajstić information content (AvgIpc) is 2.65. The van der Waals surface area contributed by atoms with Crippen LogP contribution in [0.5, 0.6) is 0 Å². The Balaban J connectivity index is 4.65. The second kappa shape index (κ2) is 14.8. The van der Waals surface area contributed by atoms with Crippen molar-refractivity contribution in [1.82, 2.24) is 5.32 Å². The number of nitrogens with one attached hydrogen (secondary N) is 1. The lowest BCUT2D eigenvalue weighted by Gasteiger charge is -2.18. The van der Waals surface area contributed by atoms with E-state index in [-0.39, 0.29) is 24.5 Å². The topological polar surface area (TPSA) is 69.6 Å². The Morgan fingerprint density at radius 2 is 1.52 bits per heavy atom. The molecule has 0 aliphatic rings. The molecule has 0 saturated carbocycles. The lowest BCUT2D eigenvalue weighted by molar-refractivity contribution is -0.118. The summed E-state index contributed by atoms with van der Waals surface area (Å²) in [6.45, 7) is 13.6. The molecule has 1 amide bonds. The first-order valence-electron chi connectivity index (χ1n) is 10.2. The number of hydrogen-bond acceptors (Lipinski definition) is 3. The van der Waals surface area contributed by atoms with Crippen molar-refractivity contribution >= 4 is 5.91 Å². The lowest BCUT2D eigenvalue weighted by Crippen LogP contribution is -2.35. The summed E-state index contributed by atoms with van der Waals surface area (Å²) in [6.07, 6.45) is 16.8. The maximum atomic E-state index is 11.8. The molecule has 0 spiro atoms. The molecule has 0 radical (unpaired) electrons. The van der Waals surface area contributed by atoms with Crippen LogP contribution >= 0.6 is 0 Å². The second-order valence-electron chi connectivity index (χ2n) is 7.91. The summed E-state index contributed by atoms with van der Waals surface area (Å²) in [6, 6.07) is -0.255. The van der Waals surface area contributed by atoms with Crippen LogP contribution in [0.15, 0.2) is 71.4 Å². The lowest BCUT2D eigenvalue weighted by atomic mass is 9.94. The van der Waals surface area contributed by atoms with Crippen LogP contribution in [0.2, 0.25) is 0 Å². The zero-order valence-electron chi connectivity index (χ0n) is 19.0. The SMILES string of the molecule is CC(C=CC=C/C=C/C=C(\C)C(=O)NC(C)CO)=CC(C)C(O)C(C)=CC(C)C.